The van der Waals surface area contributed by atoms with Crippen molar-refractivity contribution < 1.29 is 14.3 Å². The van der Waals surface area contributed by atoms with Crippen molar-refractivity contribution in [2.45, 2.75) is 64.6 Å². The molecule has 1 saturated carbocycles. The highest BCUT2D eigenvalue weighted by atomic mass is 79.9. The number of halogens is 1. The number of hydrogen-bond donors (Lipinski definition) is 1. The number of nitrogens with one attached hydrogen (secondary N) is 1. The molecule has 2 amide bonds. The highest BCUT2D eigenvalue weighted by Gasteiger charge is 2.32. The van der Waals surface area contributed by atoms with Crippen LogP contribution in [0.3, 0.4) is 0 Å². The molecule has 0 radical (unpaired) electrons. The molecule has 3 aromatic rings. The van der Waals surface area contributed by atoms with Crippen molar-refractivity contribution in [1.29, 1.82) is 0 Å². The maximum Gasteiger partial charge on any atom is 0.261 e. The third-order valence-electron chi connectivity index (χ3n) is 6.80. The van der Waals surface area contributed by atoms with Gasteiger partial charge in [-0.25, -0.2) is 0 Å². The van der Waals surface area contributed by atoms with Crippen molar-refractivity contribution in [3.8, 4) is 5.75 Å². The van der Waals surface area contributed by atoms with Gasteiger partial charge in [0.1, 0.15) is 11.8 Å². The van der Waals surface area contributed by atoms with E-state index in [4.69, 9.17) is 4.74 Å². The Bertz CT molecular complexity index is 1170. The normalized spacial score (nSPS) is 14.2. The Morgan fingerprint density at radius 2 is 1.59 bits per heavy atom. The molecule has 0 unspecified atom stereocenters. The molecule has 1 fully saturated rings. The molecule has 6 heteroatoms. The van der Waals surface area contributed by atoms with Gasteiger partial charge in [-0.1, -0.05) is 77.3 Å². The van der Waals surface area contributed by atoms with E-state index in [-0.39, 0.29) is 24.5 Å². The lowest BCUT2D eigenvalue weighted by atomic mass is 10.0. The largest absolute Gasteiger partial charge is 0.484 e. The number of rotatable bonds is 10. The standard InChI is InChI=1S/C31H35BrN2O3/c1-22-16-23(2)18-28(17-22)37-21-30(35)34(20-25-12-14-26(32)15-13-25)29(19-24-8-4-3-5-9-24)31(36)33-27-10-6-7-11-27/h3-5,8-9,12-18,27,29H,6-7,10-11,19-21H2,1-2H3,(H,33,36)/t29-/m0/s1. The zero-order chi connectivity index (χ0) is 26.2. The van der Waals surface area contributed by atoms with Crippen LogP contribution in [0.25, 0.3) is 0 Å². The molecule has 5 nitrogen and oxygen atoms in total. The summed E-state index contributed by atoms with van der Waals surface area (Å²) in [5, 5.41) is 3.24. The first kappa shape index (κ1) is 26.9. The molecule has 0 aliphatic heterocycles. The molecule has 1 atom stereocenters. The van der Waals surface area contributed by atoms with E-state index >= 15 is 0 Å². The first-order valence-corrected chi connectivity index (χ1v) is 13.8. The summed E-state index contributed by atoms with van der Waals surface area (Å²) in [7, 11) is 0. The van der Waals surface area contributed by atoms with Gasteiger partial charge in [0.05, 0.1) is 0 Å². The number of aryl methyl sites for hydroxylation is 2. The van der Waals surface area contributed by atoms with Gasteiger partial charge in [-0.05, 0) is 73.2 Å². The van der Waals surface area contributed by atoms with Crippen molar-refractivity contribution in [2.75, 3.05) is 6.61 Å². The van der Waals surface area contributed by atoms with Crippen LogP contribution >= 0.6 is 15.9 Å². The van der Waals surface area contributed by atoms with Crippen molar-refractivity contribution in [3.63, 3.8) is 0 Å². The molecule has 1 N–H and O–H groups in total. The number of carbonyl (C=O) groups excluding carboxylic acids is 2. The SMILES string of the molecule is Cc1cc(C)cc(OCC(=O)N(Cc2ccc(Br)cc2)[C@@H](Cc2ccccc2)C(=O)NC2CCCC2)c1. The number of nitrogens with zero attached hydrogens (tertiary/aromatic N) is 1. The smallest absolute Gasteiger partial charge is 0.261 e. The average molecular weight is 564 g/mol. The molecule has 4 rings (SSSR count). The lowest BCUT2D eigenvalue weighted by Gasteiger charge is -2.32. The number of benzene rings is 3. The van der Waals surface area contributed by atoms with Crippen LogP contribution in [0.1, 0.15) is 47.9 Å². The third kappa shape index (κ3) is 7.93. The molecule has 1 aliphatic rings. The monoisotopic (exact) mass is 562 g/mol. The van der Waals surface area contributed by atoms with Gasteiger partial charge in [0.15, 0.2) is 6.61 Å². The highest BCUT2D eigenvalue weighted by molar-refractivity contribution is 9.10. The molecule has 194 valence electrons. The summed E-state index contributed by atoms with van der Waals surface area (Å²) < 4.78 is 6.92. The fraction of sp³-hybridized carbons (Fsp3) is 0.355. The van der Waals surface area contributed by atoms with Gasteiger partial charge < -0.3 is 15.0 Å². The molecule has 37 heavy (non-hydrogen) atoms. The van der Waals surface area contributed by atoms with Gasteiger partial charge in [-0.15, -0.1) is 0 Å². The molecule has 3 aromatic carbocycles. The van der Waals surface area contributed by atoms with Gasteiger partial charge in [-0.2, -0.15) is 0 Å². The van der Waals surface area contributed by atoms with E-state index in [2.05, 4.69) is 27.3 Å². The van der Waals surface area contributed by atoms with Gasteiger partial charge in [0.25, 0.3) is 5.91 Å². The Hall–Kier alpha value is -3.12. The average Bonchev–Trinajstić information content (AvgIpc) is 3.39. The van der Waals surface area contributed by atoms with E-state index in [1.807, 2.05) is 80.6 Å². The second-order valence-corrected chi connectivity index (χ2v) is 10.9. The minimum absolute atomic E-state index is 0.104. The summed E-state index contributed by atoms with van der Waals surface area (Å²) in [6, 6.07) is 23.2. The summed E-state index contributed by atoms with van der Waals surface area (Å²) in [5.74, 6) is 0.335. The van der Waals surface area contributed by atoms with Crippen molar-refractivity contribution in [2.24, 2.45) is 0 Å². The Balaban J connectivity index is 1.61. The number of hydrogen-bond acceptors (Lipinski definition) is 3. The Morgan fingerprint density at radius 1 is 0.946 bits per heavy atom. The Morgan fingerprint density at radius 3 is 2.24 bits per heavy atom. The van der Waals surface area contributed by atoms with Gasteiger partial charge in [-0.3, -0.25) is 9.59 Å². The van der Waals surface area contributed by atoms with E-state index in [1.165, 1.54) is 0 Å². The van der Waals surface area contributed by atoms with Gasteiger partial charge in [0, 0.05) is 23.5 Å². The summed E-state index contributed by atoms with van der Waals surface area (Å²) in [6.07, 6.45) is 4.66. The molecule has 0 aromatic heterocycles. The van der Waals surface area contributed by atoms with Crippen LogP contribution in [-0.4, -0.2) is 35.4 Å². The summed E-state index contributed by atoms with van der Waals surface area (Å²) in [4.78, 5) is 29.1. The first-order valence-electron chi connectivity index (χ1n) is 13.0. The molecular formula is C31H35BrN2O3. The molecule has 1 aliphatic carbocycles. The second-order valence-electron chi connectivity index (χ2n) is 9.96. The van der Waals surface area contributed by atoms with E-state index in [1.54, 1.807) is 4.90 Å². The van der Waals surface area contributed by atoms with Crippen LogP contribution in [0.5, 0.6) is 5.75 Å². The fourth-order valence-electron chi connectivity index (χ4n) is 4.95. The lowest BCUT2D eigenvalue weighted by Crippen LogP contribution is -2.53. The first-order chi connectivity index (χ1) is 17.9. The van der Waals surface area contributed by atoms with E-state index < -0.39 is 6.04 Å². The minimum atomic E-state index is -0.651. The number of ether oxygens (including phenoxy) is 1. The molecule has 0 heterocycles. The van der Waals surface area contributed by atoms with Crippen LogP contribution in [0, 0.1) is 13.8 Å². The van der Waals surface area contributed by atoms with Crippen molar-refractivity contribution in [1.82, 2.24) is 10.2 Å². The predicted octanol–water partition coefficient (Wildman–Crippen LogP) is 6.14. The van der Waals surface area contributed by atoms with E-state index in [0.717, 1.165) is 52.4 Å². The number of amides is 2. The topological polar surface area (TPSA) is 58.6 Å². The maximum absolute atomic E-state index is 13.7. The van der Waals surface area contributed by atoms with Crippen LogP contribution in [0.4, 0.5) is 0 Å². The summed E-state index contributed by atoms with van der Waals surface area (Å²) >= 11 is 3.48. The Kier molecular flexibility index (Phi) is 9.40. The fourth-order valence-corrected chi connectivity index (χ4v) is 5.22. The molecule has 0 saturated heterocycles. The van der Waals surface area contributed by atoms with Crippen LogP contribution in [-0.2, 0) is 22.6 Å². The lowest BCUT2D eigenvalue weighted by molar-refractivity contribution is -0.143. The highest BCUT2D eigenvalue weighted by Crippen LogP contribution is 2.21. The zero-order valence-corrected chi connectivity index (χ0v) is 23.2. The summed E-state index contributed by atoms with van der Waals surface area (Å²) in [5.41, 5.74) is 4.12. The zero-order valence-electron chi connectivity index (χ0n) is 21.6. The predicted molar refractivity (Wildman–Crippen MR) is 150 cm³/mol. The van der Waals surface area contributed by atoms with Crippen LogP contribution < -0.4 is 10.1 Å². The van der Waals surface area contributed by atoms with Crippen LogP contribution in [0.15, 0.2) is 77.3 Å². The van der Waals surface area contributed by atoms with E-state index in [0.29, 0.717) is 18.7 Å². The van der Waals surface area contributed by atoms with E-state index in [9.17, 15) is 9.59 Å². The molecule has 0 spiro atoms. The molecular weight excluding hydrogens is 528 g/mol. The number of carbonyl (C=O) groups is 2. The quantitative estimate of drug-likeness (QED) is 0.322. The Labute approximate surface area is 228 Å². The minimum Gasteiger partial charge on any atom is -0.484 e. The third-order valence-corrected chi connectivity index (χ3v) is 7.33. The summed E-state index contributed by atoms with van der Waals surface area (Å²) in [6.45, 7) is 4.19. The van der Waals surface area contributed by atoms with Gasteiger partial charge in [0.2, 0.25) is 5.91 Å². The second kappa shape index (κ2) is 12.9. The van der Waals surface area contributed by atoms with Crippen molar-refractivity contribution in [3.05, 3.63) is 99.5 Å². The maximum atomic E-state index is 13.7. The van der Waals surface area contributed by atoms with Crippen molar-refractivity contribution >= 4 is 27.7 Å². The molecule has 0 bridgehead atoms. The van der Waals surface area contributed by atoms with Crippen LogP contribution in [0.2, 0.25) is 0 Å². The van der Waals surface area contributed by atoms with Gasteiger partial charge >= 0.3 is 0 Å².